The second-order valence-corrected chi connectivity index (χ2v) is 9.07. The van der Waals surface area contributed by atoms with Gasteiger partial charge in [-0.1, -0.05) is 23.7 Å². The van der Waals surface area contributed by atoms with Crippen LogP contribution >= 0.6 is 11.6 Å². The lowest BCUT2D eigenvalue weighted by atomic mass is 10.0. The number of nitrogens with two attached hydrogens (primary N) is 1. The minimum atomic E-state index is -1.50. The van der Waals surface area contributed by atoms with Crippen LogP contribution < -0.4 is 5.73 Å². The van der Waals surface area contributed by atoms with Gasteiger partial charge in [0.15, 0.2) is 5.79 Å². The average Bonchev–Trinajstić information content (AvgIpc) is 3.38. The molecular weight excluding hydrogens is 442 g/mol. The zero-order valence-electron chi connectivity index (χ0n) is 18.6. The van der Waals surface area contributed by atoms with Crippen LogP contribution in [0, 0.1) is 0 Å². The molecule has 1 aliphatic heterocycles. The molecule has 3 aromatic heterocycles. The lowest BCUT2D eigenvalue weighted by Gasteiger charge is -2.16. The van der Waals surface area contributed by atoms with E-state index >= 15 is 0 Å². The first-order chi connectivity index (χ1) is 15.7. The summed E-state index contributed by atoms with van der Waals surface area (Å²) in [6.07, 6.45) is 7.61. The molecule has 0 amide bonds. The Morgan fingerprint density at radius 1 is 1.15 bits per heavy atom. The number of pyridine rings is 1. The van der Waals surface area contributed by atoms with Gasteiger partial charge in [0.05, 0.1) is 17.0 Å². The molecule has 0 saturated carbocycles. The Morgan fingerprint density at radius 2 is 1.91 bits per heavy atom. The van der Waals surface area contributed by atoms with Crippen molar-refractivity contribution in [3.8, 4) is 0 Å². The Morgan fingerprint density at radius 3 is 2.70 bits per heavy atom. The normalized spacial score (nSPS) is 18.5. The third-order valence-corrected chi connectivity index (χ3v) is 5.69. The Bertz CT molecular complexity index is 1250. The van der Waals surface area contributed by atoms with Gasteiger partial charge < -0.3 is 25.3 Å². The largest absolute Gasteiger partial charge is 0.384 e. The smallest absolute Gasteiger partial charge is 0.156 e. The number of aryl methyl sites for hydroxylation is 1. The Kier molecular flexibility index (Phi) is 6.81. The number of benzene rings is 1. The van der Waals surface area contributed by atoms with Gasteiger partial charge in [0, 0.05) is 11.6 Å². The summed E-state index contributed by atoms with van der Waals surface area (Å²) in [5, 5.41) is 18.6. The van der Waals surface area contributed by atoms with Crippen LogP contribution in [0.3, 0.4) is 0 Å². The summed E-state index contributed by atoms with van der Waals surface area (Å²) >= 11 is 6.16. The number of ether oxygens (including phenoxy) is 1. The van der Waals surface area contributed by atoms with E-state index in [9.17, 15) is 0 Å². The molecule has 5 rings (SSSR count). The van der Waals surface area contributed by atoms with Crippen LogP contribution in [-0.4, -0.2) is 41.6 Å². The molecule has 1 aromatic carbocycles. The molecule has 4 N–H and O–H groups in total. The summed E-state index contributed by atoms with van der Waals surface area (Å²) in [7, 11) is 0. The van der Waals surface area contributed by atoms with E-state index in [1.54, 1.807) is 0 Å². The number of aliphatic hydroxyl groups is 2. The molecule has 0 aliphatic carbocycles. The van der Waals surface area contributed by atoms with Gasteiger partial charge in [-0.15, -0.1) is 0 Å². The maximum atomic E-state index is 8.08. The molecule has 174 valence electrons. The van der Waals surface area contributed by atoms with Crippen molar-refractivity contribution in [2.45, 2.75) is 57.6 Å². The van der Waals surface area contributed by atoms with E-state index in [-0.39, 0.29) is 12.3 Å². The molecule has 0 spiro atoms. The highest BCUT2D eigenvalue weighted by molar-refractivity contribution is 6.33. The minimum Gasteiger partial charge on any atom is -0.384 e. The van der Waals surface area contributed by atoms with E-state index in [0.29, 0.717) is 11.0 Å². The average molecular weight is 470 g/mol. The van der Waals surface area contributed by atoms with Crippen molar-refractivity contribution in [3.63, 3.8) is 0 Å². The quantitative estimate of drug-likeness (QED) is 0.302. The number of anilines is 1. The van der Waals surface area contributed by atoms with Crippen LogP contribution in [0.25, 0.3) is 21.9 Å². The maximum absolute atomic E-state index is 8.08. The number of hydrogen-bond donors (Lipinski definition) is 3. The van der Waals surface area contributed by atoms with E-state index in [0.717, 1.165) is 47.6 Å². The van der Waals surface area contributed by atoms with Gasteiger partial charge >= 0.3 is 0 Å². The lowest BCUT2D eigenvalue weighted by Crippen LogP contribution is -2.15. The molecule has 2 atom stereocenters. The van der Waals surface area contributed by atoms with Crippen LogP contribution in [-0.2, 0) is 11.2 Å². The van der Waals surface area contributed by atoms with E-state index in [4.69, 9.17) is 32.3 Å². The van der Waals surface area contributed by atoms with Crippen molar-refractivity contribution in [2.75, 3.05) is 5.73 Å². The predicted molar refractivity (Wildman–Crippen MR) is 129 cm³/mol. The van der Waals surface area contributed by atoms with Crippen molar-refractivity contribution in [1.82, 2.24) is 19.5 Å². The lowest BCUT2D eigenvalue weighted by molar-refractivity contribution is -0.127. The predicted octanol–water partition coefficient (Wildman–Crippen LogP) is 4.23. The van der Waals surface area contributed by atoms with Crippen molar-refractivity contribution < 1.29 is 14.9 Å². The summed E-state index contributed by atoms with van der Waals surface area (Å²) in [6, 6.07) is 12.2. The summed E-state index contributed by atoms with van der Waals surface area (Å²) in [5.74, 6) is -0.950. The molecular formula is C24H28ClN5O3. The van der Waals surface area contributed by atoms with Crippen molar-refractivity contribution >= 4 is 39.4 Å². The highest BCUT2D eigenvalue weighted by Crippen LogP contribution is 2.34. The van der Waals surface area contributed by atoms with Crippen molar-refractivity contribution in [3.05, 3.63) is 59.6 Å². The number of hydrogen-bond acceptors (Lipinski definition) is 7. The second kappa shape index (κ2) is 9.61. The fraction of sp³-hybridized carbons (Fsp3) is 0.375. The van der Waals surface area contributed by atoms with Gasteiger partial charge in [0.2, 0.25) is 0 Å². The zero-order valence-corrected chi connectivity index (χ0v) is 19.4. The summed E-state index contributed by atoms with van der Waals surface area (Å²) in [4.78, 5) is 12.8. The SMILES string of the molecule is CC(C)(O)O.Nc1ccc2ccc(CCC3CCC(n4ccc5c(Cl)ncnc54)O3)cc2n1. The summed E-state index contributed by atoms with van der Waals surface area (Å²) < 4.78 is 8.37. The Hall–Kier alpha value is -2.78. The first-order valence-electron chi connectivity index (χ1n) is 10.9. The molecule has 2 unspecified atom stereocenters. The van der Waals surface area contributed by atoms with Crippen LogP contribution in [0.5, 0.6) is 0 Å². The molecule has 0 bridgehead atoms. The van der Waals surface area contributed by atoms with Gasteiger partial charge in [-0.2, -0.15) is 0 Å². The van der Waals surface area contributed by atoms with E-state index in [2.05, 4.69) is 37.7 Å². The second-order valence-electron chi connectivity index (χ2n) is 8.71. The Labute approximate surface area is 197 Å². The van der Waals surface area contributed by atoms with Gasteiger partial charge in [-0.05, 0) is 69.4 Å². The molecule has 1 aliphatic rings. The van der Waals surface area contributed by atoms with Crippen LogP contribution in [0.4, 0.5) is 5.82 Å². The van der Waals surface area contributed by atoms with Gasteiger partial charge in [0.25, 0.3) is 0 Å². The molecule has 9 heteroatoms. The molecule has 0 radical (unpaired) electrons. The maximum Gasteiger partial charge on any atom is 0.156 e. The van der Waals surface area contributed by atoms with Crippen LogP contribution in [0.2, 0.25) is 5.15 Å². The number of nitrogens with zero attached hydrogens (tertiary/aromatic N) is 4. The first kappa shape index (κ1) is 23.4. The molecule has 33 heavy (non-hydrogen) atoms. The van der Waals surface area contributed by atoms with Gasteiger partial charge in [-0.25, -0.2) is 15.0 Å². The molecule has 4 aromatic rings. The third-order valence-electron chi connectivity index (χ3n) is 5.39. The van der Waals surface area contributed by atoms with E-state index < -0.39 is 5.79 Å². The highest BCUT2D eigenvalue weighted by atomic mass is 35.5. The number of halogens is 1. The highest BCUT2D eigenvalue weighted by Gasteiger charge is 2.27. The fourth-order valence-electron chi connectivity index (χ4n) is 3.94. The monoisotopic (exact) mass is 469 g/mol. The van der Waals surface area contributed by atoms with Crippen molar-refractivity contribution in [1.29, 1.82) is 0 Å². The van der Waals surface area contributed by atoms with Crippen LogP contribution in [0.1, 0.15) is 44.9 Å². The Balaban J connectivity index is 0.000000471. The van der Waals surface area contributed by atoms with Gasteiger partial charge in [0.1, 0.15) is 29.2 Å². The van der Waals surface area contributed by atoms with E-state index in [1.807, 2.05) is 24.4 Å². The molecule has 1 saturated heterocycles. The number of nitrogen functional groups attached to an aromatic ring is 1. The number of aromatic nitrogens is 4. The summed E-state index contributed by atoms with van der Waals surface area (Å²) in [5.41, 5.74) is 8.83. The minimum absolute atomic E-state index is 0.00784. The number of rotatable bonds is 4. The zero-order chi connectivity index (χ0) is 23.6. The topological polar surface area (TPSA) is 119 Å². The molecule has 1 fully saturated rings. The third kappa shape index (κ3) is 5.97. The fourth-order valence-corrected chi connectivity index (χ4v) is 4.13. The van der Waals surface area contributed by atoms with Gasteiger partial charge in [-0.3, -0.25) is 0 Å². The molecule has 4 heterocycles. The van der Waals surface area contributed by atoms with E-state index in [1.165, 1.54) is 25.7 Å². The summed E-state index contributed by atoms with van der Waals surface area (Å²) in [6.45, 7) is 2.60. The standard InChI is InChI=1S/C21H20ClN5O.C3H8O2/c22-20-16-9-10-27(21(16)25-12-24-20)19-8-6-15(28-19)5-2-13-1-3-14-4-7-18(23)26-17(14)11-13;1-3(2,4)5/h1,3-4,7,9-12,15,19H,2,5-6,8H2,(H2,23,26);4-5H,1-2H3. The number of fused-ring (bicyclic) bond motifs is 2. The molecule has 8 nitrogen and oxygen atoms in total. The van der Waals surface area contributed by atoms with Crippen molar-refractivity contribution in [2.24, 2.45) is 0 Å². The first-order valence-corrected chi connectivity index (χ1v) is 11.3. The van der Waals surface area contributed by atoms with Crippen LogP contribution in [0.15, 0.2) is 48.9 Å².